The third kappa shape index (κ3) is 3.99. The fraction of sp³-hybridized carbons (Fsp3) is 0.133. The molecule has 5 nitrogen and oxygen atoms in total. The number of carbonyl (C=O) groups is 1. The van der Waals surface area contributed by atoms with E-state index in [0.29, 0.717) is 5.69 Å². The van der Waals surface area contributed by atoms with Crippen LogP contribution in [0, 0.1) is 6.92 Å². The second-order valence-corrected chi connectivity index (χ2v) is 6.63. The van der Waals surface area contributed by atoms with Crippen LogP contribution in [-0.4, -0.2) is 14.3 Å². The van der Waals surface area contributed by atoms with Gasteiger partial charge in [0.1, 0.15) is 10.6 Å². The van der Waals surface area contributed by atoms with Crippen molar-refractivity contribution in [2.24, 2.45) is 0 Å². The topological polar surface area (TPSA) is 72.5 Å². The average Bonchev–Trinajstić information content (AvgIpc) is 2.41. The summed E-state index contributed by atoms with van der Waals surface area (Å²) in [5.74, 6) is -0.206. The van der Waals surface area contributed by atoms with E-state index in [0.717, 1.165) is 5.56 Å². The summed E-state index contributed by atoms with van der Waals surface area (Å²) >= 11 is 5.98. The molecule has 0 atom stereocenters. The average molecular weight is 340 g/mol. The molecule has 1 amide bonds. The molecule has 2 rings (SSSR count). The predicted octanol–water partition coefficient (Wildman–Crippen LogP) is 3.37. The molecule has 0 aliphatic heterocycles. The van der Waals surface area contributed by atoms with Crippen LogP contribution in [0.5, 0.6) is 5.75 Å². The fourth-order valence-corrected chi connectivity index (χ4v) is 2.86. The molecule has 0 heterocycles. The van der Waals surface area contributed by atoms with Crippen LogP contribution in [0.3, 0.4) is 0 Å². The predicted molar refractivity (Wildman–Crippen MR) is 84.7 cm³/mol. The summed E-state index contributed by atoms with van der Waals surface area (Å²) in [6.07, 6.45) is 0. The highest BCUT2D eigenvalue weighted by Crippen LogP contribution is 2.28. The summed E-state index contributed by atoms with van der Waals surface area (Å²) in [6, 6.07) is 10.5. The van der Waals surface area contributed by atoms with Crippen molar-refractivity contribution in [3.8, 4) is 5.75 Å². The molecule has 22 heavy (non-hydrogen) atoms. The summed E-state index contributed by atoms with van der Waals surface area (Å²) in [4.78, 5) is 11.1. The van der Waals surface area contributed by atoms with Crippen molar-refractivity contribution < 1.29 is 17.4 Å². The van der Waals surface area contributed by atoms with Gasteiger partial charge in [0.15, 0.2) is 0 Å². The van der Waals surface area contributed by atoms with Crippen molar-refractivity contribution in [2.75, 3.05) is 5.32 Å². The zero-order valence-electron chi connectivity index (χ0n) is 12.0. The Morgan fingerprint density at radius 2 is 1.77 bits per heavy atom. The van der Waals surface area contributed by atoms with Gasteiger partial charge in [-0.25, -0.2) is 0 Å². The summed E-state index contributed by atoms with van der Waals surface area (Å²) in [5.41, 5.74) is 1.33. The molecule has 2 aromatic rings. The molecule has 0 fully saturated rings. The first-order valence-corrected chi connectivity index (χ1v) is 8.15. The van der Waals surface area contributed by atoms with Gasteiger partial charge in [0, 0.05) is 13.0 Å². The molecule has 0 spiro atoms. The van der Waals surface area contributed by atoms with Crippen LogP contribution in [0.15, 0.2) is 47.4 Å². The van der Waals surface area contributed by atoms with Crippen LogP contribution in [0.2, 0.25) is 5.02 Å². The number of hydrogen-bond donors (Lipinski definition) is 1. The third-order valence-corrected chi connectivity index (χ3v) is 4.34. The first-order chi connectivity index (χ1) is 10.3. The van der Waals surface area contributed by atoms with Gasteiger partial charge in [-0.2, -0.15) is 8.42 Å². The highest BCUT2D eigenvalue weighted by atomic mass is 35.5. The van der Waals surface area contributed by atoms with Gasteiger partial charge in [-0.3, -0.25) is 4.79 Å². The van der Waals surface area contributed by atoms with Gasteiger partial charge in [-0.15, -0.1) is 0 Å². The van der Waals surface area contributed by atoms with Crippen molar-refractivity contribution in [3.05, 3.63) is 53.1 Å². The highest BCUT2D eigenvalue weighted by molar-refractivity contribution is 7.87. The lowest BCUT2D eigenvalue weighted by Gasteiger charge is -2.10. The number of amides is 1. The molecule has 7 heteroatoms. The maximum absolute atomic E-state index is 12.2. The lowest BCUT2D eigenvalue weighted by molar-refractivity contribution is -0.114. The number of hydrogen-bond acceptors (Lipinski definition) is 4. The smallest absolute Gasteiger partial charge is 0.339 e. The number of rotatable bonds is 4. The molecule has 0 saturated heterocycles. The van der Waals surface area contributed by atoms with Crippen molar-refractivity contribution in [1.29, 1.82) is 0 Å². The van der Waals surface area contributed by atoms with E-state index in [4.69, 9.17) is 15.8 Å². The Morgan fingerprint density at radius 1 is 1.14 bits per heavy atom. The monoisotopic (exact) mass is 339 g/mol. The van der Waals surface area contributed by atoms with Gasteiger partial charge >= 0.3 is 10.1 Å². The zero-order valence-corrected chi connectivity index (χ0v) is 13.5. The number of halogens is 1. The van der Waals surface area contributed by atoms with Gasteiger partial charge in [0.25, 0.3) is 0 Å². The van der Waals surface area contributed by atoms with E-state index < -0.39 is 10.1 Å². The SMILES string of the molecule is CC(=O)Nc1ccc(OS(=O)(=O)c2ccc(C)cc2)cc1Cl. The Bertz CT molecular complexity index is 801. The molecular formula is C15H14ClNO4S. The summed E-state index contributed by atoms with van der Waals surface area (Å²) < 4.78 is 29.3. The lowest BCUT2D eigenvalue weighted by atomic mass is 10.2. The molecule has 0 unspecified atom stereocenters. The second-order valence-electron chi connectivity index (χ2n) is 4.67. The van der Waals surface area contributed by atoms with Crippen molar-refractivity contribution in [2.45, 2.75) is 18.7 Å². The second kappa shape index (κ2) is 6.37. The van der Waals surface area contributed by atoms with Crippen molar-refractivity contribution >= 4 is 33.3 Å². The maximum atomic E-state index is 12.2. The van der Waals surface area contributed by atoms with Crippen LogP contribution in [0.25, 0.3) is 0 Å². The number of nitrogens with one attached hydrogen (secondary N) is 1. The molecule has 1 N–H and O–H groups in total. The fourth-order valence-electron chi connectivity index (χ4n) is 1.72. The Kier molecular flexibility index (Phi) is 4.73. The lowest BCUT2D eigenvalue weighted by Crippen LogP contribution is -2.10. The molecule has 116 valence electrons. The molecule has 0 aliphatic carbocycles. The minimum Gasteiger partial charge on any atom is -0.379 e. The van der Waals surface area contributed by atoms with E-state index in [1.165, 1.54) is 37.3 Å². The van der Waals surface area contributed by atoms with Gasteiger partial charge < -0.3 is 9.50 Å². The minimum absolute atomic E-state index is 0.0557. The van der Waals surface area contributed by atoms with E-state index in [9.17, 15) is 13.2 Å². The Labute approximate surface area is 134 Å². The maximum Gasteiger partial charge on any atom is 0.339 e. The minimum atomic E-state index is -3.93. The number of benzene rings is 2. The molecule has 0 saturated carbocycles. The summed E-state index contributed by atoms with van der Waals surface area (Å²) in [7, 11) is -3.93. The van der Waals surface area contributed by atoms with Crippen LogP contribution >= 0.6 is 11.6 Å². The van der Waals surface area contributed by atoms with E-state index in [2.05, 4.69) is 5.32 Å². The Hall–Kier alpha value is -2.05. The number of anilines is 1. The Morgan fingerprint density at radius 3 is 2.32 bits per heavy atom. The van der Waals surface area contributed by atoms with Gasteiger partial charge in [0.2, 0.25) is 5.91 Å². The molecule has 0 bridgehead atoms. The van der Waals surface area contributed by atoms with Gasteiger partial charge in [-0.05, 0) is 31.2 Å². The first-order valence-electron chi connectivity index (χ1n) is 6.36. The number of aryl methyl sites for hydroxylation is 1. The number of carbonyl (C=O) groups excluding carboxylic acids is 1. The zero-order chi connectivity index (χ0) is 16.3. The van der Waals surface area contributed by atoms with Crippen LogP contribution in [0.1, 0.15) is 12.5 Å². The summed E-state index contributed by atoms with van der Waals surface area (Å²) in [6.45, 7) is 3.21. The molecule has 2 aromatic carbocycles. The molecule has 0 aromatic heterocycles. The van der Waals surface area contributed by atoms with E-state index in [1.807, 2.05) is 6.92 Å². The van der Waals surface area contributed by atoms with Crippen molar-refractivity contribution in [1.82, 2.24) is 0 Å². The quantitative estimate of drug-likeness (QED) is 0.867. The molecular weight excluding hydrogens is 326 g/mol. The van der Waals surface area contributed by atoms with E-state index in [1.54, 1.807) is 12.1 Å². The van der Waals surface area contributed by atoms with Crippen molar-refractivity contribution in [3.63, 3.8) is 0 Å². The molecule has 0 aliphatic rings. The first kappa shape index (κ1) is 16.3. The highest BCUT2D eigenvalue weighted by Gasteiger charge is 2.17. The van der Waals surface area contributed by atoms with Crippen LogP contribution in [-0.2, 0) is 14.9 Å². The molecule has 0 radical (unpaired) electrons. The van der Waals surface area contributed by atoms with E-state index in [-0.39, 0.29) is 21.6 Å². The van der Waals surface area contributed by atoms with Gasteiger partial charge in [-0.1, -0.05) is 29.3 Å². The van der Waals surface area contributed by atoms with Crippen LogP contribution < -0.4 is 9.50 Å². The summed E-state index contributed by atoms with van der Waals surface area (Å²) in [5, 5.41) is 2.71. The van der Waals surface area contributed by atoms with E-state index >= 15 is 0 Å². The van der Waals surface area contributed by atoms with Gasteiger partial charge in [0.05, 0.1) is 10.7 Å². The largest absolute Gasteiger partial charge is 0.379 e. The van der Waals surface area contributed by atoms with Crippen LogP contribution in [0.4, 0.5) is 5.69 Å². The standard InChI is InChI=1S/C15H14ClNO4S/c1-10-3-6-13(7-4-10)22(19,20)21-12-5-8-15(14(16)9-12)17-11(2)18/h3-9H,1-2H3,(H,17,18). The normalized spacial score (nSPS) is 11.0. The third-order valence-electron chi connectivity index (χ3n) is 2.77. The Balaban J connectivity index is 2.24.